The predicted octanol–water partition coefficient (Wildman–Crippen LogP) is 3.14. The third-order valence-electron chi connectivity index (χ3n) is 1.89. The van der Waals surface area contributed by atoms with Crippen LogP contribution in [-0.2, 0) is 0 Å². The fourth-order valence-corrected chi connectivity index (χ4v) is 1.65. The zero-order valence-corrected chi connectivity index (χ0v) is 9.96. The van der Waals surface area contributed by atoms with Crippen LogP contribution in [0.2, 0.25) is 5.02 Å². The minimum absolute atomic E-state index is 0.376. The number of anilines is 1. The smallest absolute Gasteiger partial charge is 0.160 e. The summed E-state index contributed by atoms with van der Waals surface area (Å²) >= 11 is 9.18. The zero-order valence-electron chi connectivity index (χ0n) is 7.61. The lowest BCUT2D eigenvalue weighted by molar-refractivity contribution is 1.04. The molecule has 0 radical (unpaired) electrons. The largest absolute Gasteiger partial charge is 0.381 e. The van der Waals surface area contributed by atoms with Crippen LogP contribution in [0.4, 0.5) is 5.82 Å². The summed E-state index contributed by atoms with van der Waals surface area (Å²) in [5.41, 5.74) is 7.20. The third-order valence-corrected chi connectivity index (χ3v) is 2.76. The van der Waals surface area contributed by atoms with E-state index >= 15 is 0 Å². The Morgan fingerprint density at radius 1 is 1.20 bits per heavy atom. The highest BCUT2D eigenvalue weighted by Crippen LogP contribution is 2.24. The highest BCUT2D eigenvalue weighted by Gasteiger charge is 2.04. The molecule has 0 amide bonds. The first-order chi connectivity index (χ1) is 7.16. The molecule has 1 aromatic carbocycles. The standard InChI is InChI=1S/C10H7BrClN3/c11-8-5-9(14-15-10(8)13)6-2-1-3-7(12)4-6/h1-5H,(H2,13,15). The fraction of sp³-hybridized carbons (Fsp3) is 0. The molecular formula is C10H7BrClN3. The van der Waals surface area contributed by atoms with Gasteiger partial charge in [0.1, 0.15) is 0 Å². The first-order valence-electron chi connectivity index (χ1n) is 4.21. The molecule has 0 bridgehead atoms. The monoisotopic (exact) mass is 283 g/mol. The van der Waals surface area contributed by atoms with Gasteiger partial charge in [0.05, 0.1) is 10.2 Å². The minimum Gasteiger partial charge on any atom is -0.381 e. The van der Waals surface area contributed by atoms with E-state index < -0.39 is 0 Å². The van der Waals surface area contributed by atoms with Crippen molar-refractivity contribution >= 4 is 33.3 Å². The molecular weight excluding hydrogens is 277 g/mol. The maximum atomic E-state index is 5.88. The molecule has 0 saturated carbocycles. The van der Waals surface area contributed by atoms with Gasteiger partial charge in [0, 0.05) is 10.6 Å². The van der Waals surface area contributed by atoms with Crippen molar-refractivity contribution in [2.75, 3.05) is 5.73 Å². The van der Waals surface area contributed by atoms with Crippen molar-refractivity contribution in [1.29, 1.82) is 0 Å². The van der Waals surface area contributed by atoms with E-state index in [0.29, 0.717) is 10.8 Å². The lowest BCUT2D eigenvalue weighted by Crippen LogP contribution is -1.95. The molecule has 15 heavy (non-hydrogen) atoms. The molecule has 0 aliphatic carbocycles. The van der Waals surface area contributed by atoms with Gasteiger partial charge in [-0.15, -0.1) is 10.2 Å². The van der Waals surface area contributed by atoms with Gasteiger partial charge in [-0.25, -0.2) is 0 Å². The van der Waals surface area contributed by atoms with Gasteiger partial charge in [-0.2, -0.15) is 0 Å². The number of hydrogen-bond donors (Lipinski definition) is 1. The lowest BCUT2D eigenvalue weighted by Gasteiger charge is -2.02. The quantitative estimate of drug-likeness (QED) is 0.875. The van der Waals surface area contributed by atoms with Crippen molar-refractivity contribution in [3.05, 3.63) is 39.8 Å². The van der Waals surface area contributed by atoms with Crippen molar-refractivity contribution in [2.24, 2.45) is 0 Å². The van der Waals surface area contributed by atoms with Crippen LogP contribution < -0.4 is 5.73 Å². The summed E-state index contributed by atoms with van der Waals surface area (Å²) in [4.78, 5) is 0. The molecule has 0 aliphatic rings. The van der Waals surface area contributed by atoms with Gasteiger partial charge in [0.15, 0.2) is 5.82 Å². The topological polar surface area (TPSA) is 51.8 Å². The molecule has 2 rings (SSSR count). The van der Waals surface area contributed by atoms with E-state index in [9.17, 15) is 0 Å². The summed E-state index contributed by atoms with van der Waals surface area (Å²) in [6.45, 7) is 0. The molecule has 0 atom stereocenters. The zero-order chi connectivity index (χ0) is 10.8. The second kappa shape index (κ2) is 4.16. The molecule has 0 saturated heterocycles. The van der Waals surface area contributed by atoms with E-state index in [-0.39, 0.29) is 0 Å². The van der Waals surface area contributed by atoms with Crippen molar-refractivity contribution < 1.29 is 0 Å². The van der Waals surface area contributed by atoms with E-state index in [2.05, 4.69) is 26.1 Å². The molecule has 5 heteroatoms. The van der Waals surface area contributed by atoms with Crippen LogP contribution in [0.1, 0.15) is 0 Å². The Kier molecular flexibility index (Phi) is 2.88. The number of aromatic nitrogens is 2. The normalized spacial score (nSPS) is 10.3. The van der Waals surface area contributed by atoms with Crippen LogP contribution in [0.3, 0.4) is 0 Å². The average molecular weight is 285 g/mol. The van der Waals surface area contributed by atoms with Gasteiger partial charge in [-0.05, 0) is 34.1 Å². The number of hydrogen-bond acceptors (Lipinski definition) is 3. The van der Waals surface area contributed by atoms with Crippen molar-refractivity contribution in [3.8, 4) is 11.3 Å². The fourth-order valence-electron chi connectivity index (χ4n) is 1.17. The van der Waals surface area contributed by atoms with Crippen molar-refractivity contribution in [2.45, 2.75) is 0 Å². The Morgan fingerprint density at radius 2 is 2.00 bits per heavy atom. The van der Waals surface area contributed by atoms with Crippen molar-refractivity contribution in [1.82, 2.24) is 10.2 Å². The Hall–Kier alpha value is -1.13. The second-order valence-corrected chi connectivity index (χ2v) is 4.26. The number of nitrogen functional groups attached to an aromatic ring is 1. The van der Waals surface area contributed by atoms with Crippen LogP contribution in [0, 0.1) is 0 Å². The summed E-state index contributed by atoms with van der Waals surface area (Å²) < 4.78 is 0.729. The Morgan fingerprint density at radius 3 is 2.67 bits per heavy atom. The van der Waals surface area contributed by atoms with Crippen molar-refractivity contribution in [3.63, 3.8) is 0 Å². The molecule has 76 valence electrons. The summed E-state index contributed by atoms with van der Waals surface area (Å²) in [7, 11) is 0. The Labute approximate surface area is 100 Å². The number of halogens is 2. The van der Waals surface area contributed by atoms with E-state index in [4.69, 9.17) is 17.3 Å². The van der Waals surface area contributed by atoms with E-state index in [0.717, 1.165) is 15.7 Å². The first-order valence-corrected chi connectivity index (χ1v) is 5.38. The van der Waals surface area contributed by atoms with Gasteiger partial charge in [0.25, 0.3) is 0 Å². The highest BCUT2D eigenvalue weighted by atomic mass is 79.9. The van der Waals surface area contributed by atoms with Gasteiger partial charge in [-0.1, -0.05) is 23.7 Å². The SMILES string of the molecule is Nc1nnc(-c2cccc(Cl)c2)cc1Br. The maximum absolute atomic E-state index is 5.88. The highest BCUT2D eigenvalue weighted by molar-refractivity contribution is 9.10. The van der Waals surface area contributed by atoms with Crippen LogP contribution in [0.5, 0.6) is 0 Å². The molecule has 1 aromatic heterocycles. The van der Waals surface area contributed by atoms with E-state index in [1.54, 1.807) is 0 Å². The average Bonchev–Trinajstić information content (AvgIpc) is 2.22. The van der Waals surface area contributed by atoms with Gasteiger partial charge >= 0.3 is 0 Å². The summed E-state index contributed by atoms with van der Waals surface area (Å²) in [6.07, 6.45) is 0. The molecule has 0 fully saturated rings. The molecule has 1 heterocycles. The number of nitrogens with zero attached hydrogens (tertiary/aromatic N) is 2. The molecule has 0 spiro atoms. The molecule has 2 N–H and O–H groups in total. The van der Waals surface area contributed by atoms with Gasteiger partial charge in [0.2, 0.25) is 0 Å². The molecule has 0 unspecified atom stereocenters. The minimum atomic E-state index is 0.376. The lowest BCUT2D eigenvalue weighted by atomic mass is 10.1. The second-order valence-electron chi connectivity index (χ2n) is 2.97. The first kappa shape index (κ1) is 10.4. The van der Waals surface area contributed by atoms with Crippen LogP contribution in [-0.4, -0.2) is 10.2 Å². The molecule has 0 aliphatic heterocycles. The number of benzene rings is 1. The van der Waals surface area contributed by atoms with Crippen LogP contribution in [0.25, 0.3) is 11.3 Å². The predicted molar refractivity (Wildman–Crippen MR) is 64.6 cm³/mol. The summed E-state index contributed by atoms with van der Waals surface area (Å²) in [5.74, 6) is 0.376. The van der Waals surface area contributed by atoms with E-state index in [1.165, 1.54) is 0 Å². The Balaban J connectivity index is 2.50. The van der Waals surface area contributed by atoms with Gasteiger partial charge < -0.3 is 5.73 Å². The van der Waals surface area contributed by atoms with Gasteiger partial charge in [-0.3, -0.25) is 0 Å². The summed E-state index contributed by atoms with van der Waals surface area (Å²) in [5, 5.41) is 8.48. The molecule has 3 nitrogen and oxygen atoms in total. The Bertz CT molecular complexity index is 502. The van der Waals surface area contributed by atoms with Crippen LogP contribution in [0.15, 0.2) is 34.8 Å². The third kappa shape index (κ3) is 2.27. The molecule has 2 aromatic rings. The number of nitrogens with two attached hydrogens (primary N) is 1. The number of rotatable bonds is 1. The van der Waals surface area contributed by atoms with Crippen LogP contribution >= 0.6 is 27.5 Å². The summed E-state index contributed by atoms with van der Waals surface area (Å²) in [6, 6.07) is 9.23. The van der Waals surface area contributed by atoms with E-state index in [1.807, 2.05) is 30.3 Å². The maximum Gasteiger partial charge on any atom is 0.160 e.